The second-order valence-electron chi connectivity index (χ2n) is 1.79. The molecule has 0 aliphatic heterocycles. The third-order valence-electron chi connectivity index (χ3n) is 1.37. The van der Waals surface area contributed by atoms with Gasteiger partial charge in [0.15, 0.2) is 0 Å². The molecule has 0 aromatic carbocycles. The largest absolute Gasteiger partial charge is 0.274 e. The fraction of sp³-hybridized carbons (Fsp3) is 0. The van der Waals surface area contributed by atoms with Crippen molar-refractivity contribution in [1.82, 2.24) is 0 Å². The predicted molar refractivity (Wildman–Crippen MR) is 49.8 cm³/mol. The van der Waals surface area contributed by atoms with Gasteiger partial charge in [0, 0.05) is 10.4 Å². The number of hydrazine groups is 1. The number of halogens is 3. The summed E-state index contributed by atoms with van der Waals surface area (Å²) in [5, 5.41) is 3.70. The molecule has 2 aliphatic carbocycles. The van der Waals surface area contributed by atoms with Gasteiger partial charge < -0.3 is 0 Å². The van der Waals surface area contributed by atoms with Gasteiger partial charge in [0.1, 0.15) is 0 Å². The van der Waals surface area contributed by atoms with Crippen LogP contribution in [0, 0.1) is 10.4 Å². The van der Waals surface area contributed by atoms with Crippen LogP contribution in [0.25, 0.3) is 0 Å². The fourth-order valence-electron chi connectivity index (χ4n) is 0.807. The van der Waals surface area contributed by atoms with Crippen molar-refractivity contribution < 1.29 is 0 Å². The minimum atomic E-state index is 0. The Morgan fingerprint density at radius 3 is 1.27 bits per heavy atom. The Morgan fingerprint density at radius 1 is 0.909 bits per heavy atom. The Morgan fingerprint density at radius 2 is 1.18 bits per heavy atom. The van der Waals surface area contributed by atoms with E-state index in [-0.39, 0.29) is 12.4 Å². The van der Waals surface area contributed by atoms with E-state index in [1.165, 1.54) is 0 Å². The second-order valence-corrected chi connectivity index (χ2v) is 2.54. The van der Waals surface area contributed by atoms with Crippen molar-refractivity contribution in [2.75, 3.05) is 0 Å². The predicted octanol–water partition coefficient (Wildman–Crippen LogP) is 1.83. The average molecular weight is 213 g/mol. The summed E-state index contributed by atoms with van der Waals surface area (Å²) in [5.74, 6) is 8.00. The third kappa shape index (κ3) is 1.45. The molecule has 0 saturated heterocycles. The standard InChI is InChI=1S/C6H2Cl2.ClH.H4N2/c7-5-3-1-2-4(3)6(5)8;;1-2/h1-2H;1H;1-2H2. The van der Waals surface area contributed by atoms with Gasteiger partial charge in [-0.1, -0.05) is 35.3 Å². The Balaban J connectivity index is 0.000000311. The number of hydrogen-bond donors (Lipinski definition) is 2. The lowest BCUT2D eigenvalue weighted by molar-refractivity contribution is 1.26. The monoisotopic (exact) mass is 212 g/mol. The fourth-order valence-corrected chi connectivity index (χ4v) is 1.34. The molecular weight excluding hydrogens is 206 g/mol. The molecular formula is C6H7Cl3N2. The molecule has 11 heavy (non-hydrogen) atoms. The van der Waals surface area contributed by atoms with Gasteiger partial charge in [-0.15, -0.1) is 12.4 Å². The molecule has 0 aromatic rings. The molecule has 62 valence electrons. The number of nitrogens with two attached hydrogens (primary N) is 2. The van der Waals surface area contributed by atoms with Crippen LogP contribution in [0.15, 0.2) is 12.1 Å². The first-order valence-electron chi connectivity index (χ1n) is 2.62. The SMILES string of the molecule is Cl.Clc1c(Cl)c2ccc1=2.NN. The maximum atomic E-state index is 5.63. The molecule has 2 aliphatic rings. The Kier molecular flexibility index (Phi) is 4.14. The van der Waals surface area contributed by atoms with Gasteiger partial charge in [0.25, 0.3) is 0 Å². The Labute approximate surface area is 80.2 Å². The van der Waals surface area contributed by atoms with Crippen LogP contribution in [0.5, 0.6) is 0 Å². The van der Waals surface area contributed by atoms with Crippen LogP contribution in [-0.2, 0) is 0 Å². The summed E-state index contributed by atoms with van der Waals surface area (Å²) in [7, 11) is 0. The van der Waals surface area contributed by atoms with Crippen molar-refractivity contribution in [2.24, 2.45) is 11.7 Å². The van der Waals surface area contributed by atoms with Crippen molar-refractivity contribution in [3.63, 3.8) is 0 Å². The molecule has 0 spiro atoms. The lowest BCUT2D eigenvalue weighted by Gasteiger charge is -2.07. The van der Waals surface area contributed by atoms with Crippen molar-refractivity contribution in [2.45, 2.75) is 0 Å². The Bertz CT molecular complexity index is 303. The van der Waals surface area contributed by atoms with E-state index in [9.17, 15) is 0 Å². The van der Waals surface area contributed by atoms with E-state index in [4.69, 9.17) is 23.2 Å². The van der Waals surface area contributed by atoms with E-state index in [0.29, 0.717) is 0 Å². The normalized spacial score (nSPS) is 9.09. The van der Waals surface area contributed by atoms with Gasteiger partial charge in [-0.3, -0.25) is 11.7 Å². The second kappa shape index (κ2) is 4.14. The van der Waals surface area contributed by atoms with Crippen LogP contribution in [0.2, 0.25) is 10.0 Å². The van der Waals surface area contributed by atoms with E-state index in [1.807, 2.05) is 12.1 Å². The summed E-state index contributed by atoms with van der Waals surface area (Å²) in [5.41, 5.74) is 0. The maximum absolute atomic E-state index is 5.63. The number of benzene rings is 1. The third-order valence-corrected chi connectivity index (χ3v) is 2.25. The molecule has 4 N–H and O–H groups in total. The van der Waals surface area contributed by atoms with Gasteiger partial charge in [0.05, 0.1) is 10.0 Å². The minimum absolute atomic E-state index is 0. The molecule has 2 rings (SSSR count). The molecule has 0 fully saturated rings. The lowest BCUT2D eigenvalue weighted by atomic mass is 10.1. The first-order chi connectivity index (χ1) is 4.80. The first-order valence-corrected chi connectivity index (χ1v) is 3.38. The quantitative estimate of drug-likeness (QED) is 0.518. The molecule has 0 aromatic heterocycles. The van der Waals surface area contributed by atoms with Gasteiger partial charge in [-0.05, 0) is 0 Å². The van der Waals surface area contributed by atoms with Gasteiger partial charge in [-0.2, -0.15) is 0 Å². The topological polar surface area (TPSA) is 52.0 Å². The summed E-state index contributed by atoms with van der Waals surface area (Å²) in [4.78, 5) is 0. The first kappa shape index (κ1) is 11.0. The number of hydrogen-bond acceptors (Lipinski definition) is 2. The van der Waals surface area contributed by atoms with Crippen LogP contribution >= 0.6 is 35.6 Å². The van der Waals surface area contributed by atoms with E-state index in [0.717, 1.165) is 20.5 Å². The van der Waals surface area contributed by atoms with E-state index in [2.05, 4.69) is 11.7 Å². The highest BCUT2D eigenvalue weighted by molar-refractivity contribution is 6.43. The molecule has 0 bridgehead atoms. The van der Waals surface area contributed by atoms with E-state index >= 15 is 0 Å². The molecule has 0 unspecified atom stereocenters. The minimum Gasteiger partial charge on any atom is -0.274 e. The summed E-state index contributed by atoms with van der Waals surface area (Å²) in [6.07, 6.45) is 0. The maximum Gasteiger partial charge on any atom is 0.0677 e. The molecule has 0 radical (unpaired) electrons. The summed E-state index contributed by atoms with van der Waals surface area (Å²) >= 11 is 11.3. The highest BCUT2D eigenvalue weighted by Gasteiger charge is 2.10. The van der Waals surface area contributed by atoms with Crippen LogP contribution in [0.3, 0.4) is 0 Å². The van der Waals surface area contributed by atoms with Crippen molar-refractivity contribution in [3.8, 4) is 0 Å². The summed E-state index contributed by atoms with van der Waals surface area (Å²) in [6, 6.07) is 3.92. The molecule has 5 heteroatoms. The Hall–Kier alpha value is 0.01000. The lowest BCUT2D eigenvalue weighted by Crippen LogP contribution is -2.02. The van der Waals surface area contributed by atoms with Crippen LogP contribution in [0.4, 0.5) is 0 Å². The molecule has 0 saturated carbocycles. The van der Waals surface area contributed by atoms with Crippen molar-refractivity contribution in [3.05, 3.63) is 32.6 Å². The summed E-state index contributed by atoms with van der Waals surface area (Å²) < 4.78 is 0. The van der Waals surface area contributed by atoms with E-state index in [1.54, 1.807) is 0 Å². The molecule has 0 amide bonds. The molecule has 2 nitrogen and oxygen atoms in total. The molecule has 0 atom stereocenters. The number of rotatable bonds is 0. The highest BCUT2D eigenvalue weighted by Crippen LogP contribution is 2.32. The van der Waals surface area contributed by atoms with Crippen LogP contribution in [0.1, 0.15) is 0 Å². The van der Waals surface area contributed by atoms with E-state index < -0.39 is 0 Å². The highest BCUT2D eigenvalue weighted by atomic mass is 35.5. The van der Waals surface area contributed by atoms with Crippen LogP contribution in [-0.4, -0.2) is 0 Å². The zero-order valence-corrected chi connectivity index (χ0v) is 7.80. The molecule has 0 heterocycles. The van der Waals surface area contributed by atoms with Crippen molar-refractivity contribution >= 4 is 35.6 Å². The average Bonchev–Trinajstić information content (AvgIpc) is 1.91. The zero-order valence-electron chi connectivity index (χ0n) is 5.47. The van der Waals surface area contributed by atoms with Gasteiger partial charge in [-0.25, -0.2) is 0 Å². The zero-order chi connectivity index (χ0) is 7.72. The van der Waals surface area contributed by atoms with Gasteiger partial charge >= 0.3 is 0 Å². The van der Waals surface area contributed by atoms with Gasteiger partial charge in [0.2, 0.25) is 0 Å². The van der Waals surface area contributed by atoms with Crippen molar-refractivity contribution in [1.29, 1.82) is 0 Å². The summed E-state index contributed by atoms with van der Waals surface area (Å²) in [6.45, 7) is 0. The van der Waals surface area contributed by atoms with Crippen LogP contribution < -0.4 is 11.7 Å². The smallest absolute Gasteiger partial charge is 0.0677 e.